The van der Waals surface area contributed by atoms with Gasteiger partial charge in [-0.15, -0.1) is 15.3 Å². The van der Waals surface area contributed by atoms with Crippen LogP contribution in [0.1, 0.15) is 24.5 Å². The molecule has 1 fully saturated rings. The summed E-state index contributed by atoms with van der Waals surface area (Å²) >= 11 is 0. The summed E-state index contributed by atoms with van der Waals surface area (Å²) in [6, 6.07) is 7.47. The highest BCUT2D eigenvalue weighted by Crippen LogP contribution is 2.29. The molecular formula is C22H20F4N8O. The Morgan fingerprint density at radius 1 is 1.11 bits per heavy atom. The molecule has 5 rings (SSSR count). The van der Waals surface area contributed by atoms with Gasteiger partial charge >= 0.3 is 6.18 Å². The van der Waals surface area contributed by atoms with Gasteiger partial charge in [0.25, 0.3) is 5.82 Å². The number of amides is 1. The number of halogens is 4. The summed E-state index contributed by atoms with van der Waals surface area (Å²) in [4.78, 5) is 18.6. The number of aryl methyl sites for hydroxylation is 1. The number of alkyl halides is 3. The zero-order chi connectivity index (χ0) is 24.7. The summed E-state index contributed by atoms with van der Waals surface area (Å²) < 4.78 is 56.3. The molecule has 1 aromatic carbocycles. The van der Waals surface area contributed by atoms with Crippen LogP contribution >= 0.6 is 0 Å². The average Bonchev–Trinajstić information content (AvgIpc) is 3.45. The Morgan fingerprint density at radius 3 is 2.54 bits per heavy atom. The minimum Gasteiger partial charge on any atom is -0.355 e. The number of carbonyl (C=O) groups is 1. The van der Waals surface area contributed by atoms with Gasteiger partial charge in [-0.05, 0) is 50.1 Å². The molecule has 1 aliphatic heterocycles. The van der Waals surface area contributed by atoms with Crippen molar-refractivity contribution in [3.8, 4) is 5.69 Å². The van der Waals surface area contributed by atoms with E-state index in [9.17, 15) is 22.4 Å². The van der Waals surface area contributed by atoms with Crippen molar-refractivity contribution in [2.75, 3.05) is 23.3 Å². The molecule has 0 unspecified atom stereocenters. The Bertz CT molecular complexity index is 1390. The van der Waals surface area contributed by atoms with E-state index < -0.39 is 17.8 Å². The Morgan fingerprint density at radius 2 is 1.89 bits per heavy atom. The third-order valence-electron chi connectivity index (χ3n) is 5.99. The van der Waals surface area contributed by atoms with Crippen LogP contribution in [0.4, 0.5) is 29.1 Å². The number of aromatic nitrogens is 6. The monoisotopic (exact) mass is 488 g/mol. The molecule has 1 aliphatic rings. The summed E-state index contributed by atoms with van der Waals surface area (Å²) in [7, 11) is 0. The SMILES string of the molecule is Cc1nccn1-c1ccc(NC(=O)C2CCN(c3ccc4nnc(C(F)(F)F)n4n3)CC2)cc1F. The van der Waals surface area contributed by atoms with Crippen molar-refractivity contribution < 1.29 is 22.4 Å². The molecule has 182 valence electrons. The molecule has 1 N–H and O–H groups in total. The van der Waals surface area contributed by atoms with Crippen LogP contribution in [0.15, 0.2) is 42.7 Å². The van der Waals surface area contributed by atoms with Crippen molar-refractivity contribution in [2.24, 2.45) is 5.92 Å². The third kappa shape index (κ3) is 4.40. The lowest BCUT2D eigenvalue weighted by Gasteiger charge is -2.32. The number of carbonyl (C=O) groups excluding carboxylic acids is 1. The van der Waals surface area contributed by atoms with E-state index in [1.807, 2.05) is 4.90 Å². The maximum Gasteiger partial charge on any atom is 0.453 e. The van der Waals surface area contributed by atoms with Gasteiger partial charge in [-0.2, -0.15) is 17.7 Å². The Kier molecular flexibility index (Phi) is 5.61. The second-order valence-electron chi connectivity index (χ2n) is 8.24. The highest BCUT2D eigenvalue weighted by Gasteiger charge is 2.38. The lowest BCUT2D eigenvalue weighted by molar-refractivity contribution is -0.146. The molecule has 1 saturated heterocycles. The summed E-state index contributed by atoms with van der Waals surface area (Å²) in [5.41, 5.74) is 0.671. The number of hydrogen-bond acceptors (Lipinski definition) is 6. The maximum atomic E-state index is 14.6. The van der Waals surface area contributed by atoms with Gasteiger partial charge in [-0.1, -0.05) is 0 Å². The van der Waals surface area contributed by atoms with E-state index in [2.05, 4.69) is 25.6 Å². The fourth-order valence-corrected chi connectivity index (χ4v) is 4.15. The van der Waals surface area contributed by atoms with Crippen LogP contribution in [0, 0.1) is 18.7 Å². The molecule has 0 atom stereocenters. The normalized spacial score (nSPS) is 15.1. The first-order valence-corrected chi connectivity index (χ1v) is 10.9. The highest BCUT2D eigenvalue weighted by molar-refractivity contribution is 5.92. The predicted molar refractivity (Wildman–Crippen MR) is 118 cm³/mol. The lowest BCUT2D eigenvalue weighted by Crippen LogP contribution is -2.38. The number of nitrogens with one attached hydrogen (secondary N) is 1. The second-order valence-corrected chi connectivity index (χ2v) is 8.24. The zero-order valence-electron chi connectivity index (χ0n) is 18.5. The van der Waals surface area contributed by atoms with Gasteiger partial charge < -0.3 is 14.8 Å². The van der Waals surface area contributed by atoms with Crippen molar-refractivity contribution in [1.82, 2.24) is 29.4 Å². The van der Waals surface area contributed by atoms with Crippen molar-refractivity contribution in [3.05, 3.63) is 60.2 Å². The molecule has 0 bridgehead atoms. The molecule has 0 aliphatic carbocycles. The van der Waals surface area contributed by atoms with Crippen LogP contribution in [0.5, 0.6) is 0 Å². The topological polar surface area (TPSA) is 93.2 Å². The molecule has 9 nitrogen and oxygen atoms in total. The van der Waals surface area contributed by atoms with Crippen LogP contribution in [-0.4, -0.2) is 48.4 Å². The third-order valence-corrected chi connectivity index (χ3v) is 5.99. The van der Waals surface area contributed by atoms with E-state index in [-0.39, 0.29) is 17.5 Å². The molecule has 1 amide bonds. The standard InChI is InChI=1S/C22H20F4N8O/c1-13-27-8-11-33(13)17-3-2-15(12-16(17)23)28-20(35)14-6-9-32(10-7-14)19-5-4-18-29-30-21(22(24,25)26)34(18)31-19/h2-5,8,11-12,14H,6-7,9-10H2,1H3,(H,28,35). The Balaban J connectivity index is 1.23. The molecule has 35 heavy (non-hydrogen) atoms. The minimum atomic E-state index is -4.68. The number of imidazole rings is 1. The van der Waals surface area contributed by atoms with Crippen LogP contribution in [0.25, 0.3) is 11.3 Å². The van der Waals surface area contributed by atoms with E-state index in [0.717, 1.165) is 0 Å². The van der Waals surface area contributed by atoms with Gasteiger partial charge in [0.1, 0.15) is 17.5 Å². The van der Waals surface area contributed by atoms with E-state index in [4.69, 9.17) is 0 Å². The number of nitrogens with zero attached hydrogens (tertiary/aromatic N) is 7. The maximum absolute atomic E-state index is 14.6. The van der Waals surface area contributed by atoms with E-state index in [1.165, 1.54) is 12.1 Å². The van der Waals surface area contributed by atoms with Gasteiger partial charge in [0.15, 0.2) is 5.65 Å². The van der Waals surface area contributed by atoms with Crippen LogP contribution in [-0.2, 0) is 11.0 Å². The average molecular weight is 488 g/mol. The minimum absolute atomic E-state index is 0.00297. The van der Waals surface area contributed by atoms with Crippen molar-refractivity contribution in [1.29, 1.82) is 0 Å². The van der Waals surface area contributed by atoms with Crippen molar-refractivity contribution in [2.45, 2.75) is 25.9 Å². The van der Waals surface area contributed by atoms with E-state index in [1.54, 1.807) is 42.1 Å². The fourth-order valence-electron chi connectivity index (χ4n) is 4.15. The predicted octanol–water partition coefficient (Wildman–Crippen LogP) is 3.63. The summed E-state index contributed by atoms with van der Waals surface area (Å²) in [5.74, 6) is -1.27. The summed E-state index contributed by atoms with van der Waals surface area (Å²) in [5, 5.41) is 13.5. The summed E-state index contributed by atoms with van der Waals surface area (Å²) in [6.45, 7) is 2.61. The molecule has 13 heteroatoms. The van der Waals surface area contributed by atoms with Crippen molar-refractivity contribution >= 4 is 23.1 Å². The van der Waals surface area contributed by atoms with Crippen molar-refractivity contribution in [3.63, 3.8) is 0 Å². The zero-order valence-corrected chi connectivity index (χ0v) is 18.5. The van der Waals surface area contributed by atoms with Crippen LogP contribution in [0.2, 0.25) is 0 Å². The smallest absolute Gasteiger partial charge is 0.355 e. The number of hydrogen-bond donors (Lipinski definition) is 1. The molecule has 0 radical (unpaired) electrons. The Labute approximate surface area is 196 Å². The summed E-state index contributed by atoms with van der Waals surface area (Å²) in [6.07, 6.45) is -0.514. The molecule has 4 heterocycles. The first-order valence-electron chi connectivity index (χ1n) is 10.9. The van der Waals surface area contributed by atoms with Gasteiger partial charge in [0.05, 0.1) is 5.69 Å². The number of benzene rings is 1. The highest BCUT2D eigenvalue weighted by atomic mass is 19.4. The van der Waals surface area contributed by atoms with Crippen LogP contribution in [0.3, 0.4) is 0 Å². The van der Waals surface area contributed by atoms with Gasteiger partial charge in [0.2, 0.25) is 5.91 Å². The molecule has 3 aromatic heterocycles. The fraction of sp³-hybridized carbons (Fsp3) is 0.318. The van der Waals surface area contributed by atoms with Crippen LogP contribution < -0.4 is 10.2 Å². The number of anilines is 2. The largest absolute Gasteiger partial charge is 0.453 e. The molecular weight excluding hydrogens is 468 g/mol. The lowest BCUT2D eigenvalue weighted by atomic mass is 9.96. The second kappa shape index (κ2) is 8.64. The first-order chi connectivity index (χ1) is 16.7. The quantitative estimate of drug-likeness (QED) is 0.441. The van der Waals surface area contributed by atoms with E-state index >= 15 is 0 Å². The number of fused-ring (bicyclic) bond motifs is 1. The molecule has 4 aromatic rings. The van der Waals surface area contributed by atoms with Gasteiger partial charge in [-0.3, -0.25) is 4.79 Å². The Hall–Kier alpha value is -4.03. The van der Waals surface area contributed by atoms with E-state index in [0.29, 0.717) is 53.5 Å². The van der Waals surface area contributed by atoms with Gasteiger partial charge in [-0.25, -0.2) is 9.37 Å². The molecule has 0 saturated carbocycles. The molecule has 0 spiro atoms. The van der Waals surface area contributed by atoms with Gasteiger partial charge in [0, 0.05) is 37.1 Å². The number of piperidine rings is 1. The first kappa shape index (κ1) is 22.7. The number of rotatable bonds is 4.